The van der Waals surface area contributed by atoms with Crippen molar-refractivity contribution in [2.24, 2.45) is 0 Å². The molecule has 0 spiro atoms. The van der Waals surface area contributed by atoms with Crippen LogP contribution in [0.1, 0.15) is 11.1 Å². The summed E-state index contributed by atoms with van der Waals surface area (Å²) in [6.07, 6.45) is 3.27. The molecular weight excluding hydrogens is 274 g/mol. The Morgan fingerprint density at radius 1 is 1.47 bits per heavy atom. The van der Waals surface area contributed by atoms with Gasteiger partial charge in [0.25, 0.3) is 0 Å². The van der Waals surface area contributed by atoms with Crippen molar-refractivity contribution in [3.8, 4) is 0 Å². The Morgan fingerprint density at radius 3 is 3.00 bits per heavy atom. The standard InChI is InChI=1S/C10H10BrN3S/c1-7-4-15-5-8(7)2-13-10-9(11)3-12-6-14-10/h3-6H,2H2,1H3,(H,12,13,14). The first-order valence-corrected chi connectivity index (χ1v) is 6.22. The molecule has 2 heterocycles. The summed E-state index contributed by atoms with van der Waals surface area (Å²) in [6, 6.07) is 0. The van der Waals surface area contributed by atoms with Crippen molar-refractivity contribution in [3.05, 3.63) is 38.9 Å². The van der Waals surface area contributed by atoms with Crippen LogP contribution in [0.15, 0.2) is 27.8 Å². The maximum absolute atomic E-state index is 4.14. The number of nitrogens with zero attached hydrogens (tertiary/aromatic N) is 2. The van der Waals surface area contributed by atoms with E-state index in [0.29, 0.717) is 0 Å². The highest BCUT2D eigenvalue weighted by Crippen LogP contribution is 2.19. The van der Waals surface area contributed by atoms with Gasteiger partial charge in [0.15, 0.2) is 0 Å². The lowest BCUT2D eigenvalue weighted by Gasteiger charge is -2.06. The highest BCUT2D eigenvalue weighted by atomic mass is 79.9. The zero-order valence-electron chi connectivity index (χ0n) is 8.20. The van der Waals surface area contributed by atoms with Gasteiger partial charge in [0.1, 0.15) is 12.1 Å². The molecule has 2 aromatic rings. The summed E-state index contributed by atoms with van der Waals surface area (Å²) in [5.74, 6) is 0.829. The summed E-state index contributed by atoms with van der Waals surface area (Å²) in [5.41, 5.74) is 2.63. The van der Waals surface area contributed by atoms with Crippen LogP contribution in [0.3, 0.4) is 0 Å². The van der Waals surface area contributed by atoms with Crippen LogP contribution >= 0.6 is 27.3 Å². The Balaban J connectivity index is 2.06. The van der Waals surface area contributed by atoms with E-state index in [1.165, 1.54) is 17.5 Å². The molecule has 0 aliphatic rings. The Labute approximate surface area is 101 Å². The highest BCUT2D eigenvalue weighted by Gasteiger charge is 2.02. The topological polar surface area (TPSA) is 37.8 Å². The summed E-state index contributed by atoms with van der Waals surface area (Å²) in [5, 5.41) is 7.56. The Morgan fingerprint density at radius 2 is 2.33 bits per heavy atom. The van der Waals surface area contributed by atoms with Crippen molar-refractivity contribution in [2.45, 2.75) is 13.5 Å². The largest absolute Gasteiger partial charge is 0.365 e. The van der Waals surface area contributed by atoms with E-state index >= 15 is 0 Å². The maximum Gasteiger partial charge on any atom is 0.144 e. The first kappa shape index (κ1) is 10.6. The second-order valence-electron chi connectivity index (χ2n) is 3.15. The summed E-state index contributed by atoms with van der Waals surface area (Å²) in [6.45, 7) is 2.91. The van der Waals surface area contributed by atoms with Crippen molar-refractivity contribution in [2.75, 3.05) is 5.32 Å². The fourth-order valence-electron chi connectivity index (χ4n) is 1.19. The van der Waals surface area contributed by atoms with Gasteiger partial charge in [-0.15, -0.1) is 0 Å². The van der Waals surface area contributed by atoms with E-state index in [1.807, 2.05) is 0 Å². The molecule has 0 bridgehead atoms. The molecule has 0 atom stereocenters. The smallest absolute Gasteiger partial charge is 0.144 e. The van der Waals surface area contributed by atoms with E-state index in [0.717, 1.165) is 16.8 Å². The monoisotopic (exact) mass is 283 g/mol. The van der Waals surface area contributed by atoms with E-state index in [-0.39, 0.29) is 0 Å². The molecule has 15 heavy (non-hydrogen) atoms. The van der Waals surface area contributed by atoms with E-state index < -0.39 is 0 Å². The van der Waals surface area contributed by atoms with Crippen LogP contribution in [0.25, 0.3) is 0 Å². The van der Waals surface area contributed by atoms with E-state index in [9.17, 15) is 0 Å². The number of hydrogen-bond donors (Lipinski definition) is 1. The average molecular weight is 284 g/mol. The number of anilines is 1. The number of halogens is 1. The molecule has 0 aliphatic carbocycles. The van der Waals surface area contributed by atoms with Crippen molar-refractivity contribution >= 4 is 33.1 Å². The second-order valence-corrected chi connectivity index (χ2v) is 4.75. The minimum Gasteiger partial charge on any atom is -0.365 e. The fourth-order valence-corrected chi connectivity index (χ4v) is 2.41. The first-order valence-electron chi connectivity index (χ1n) is 4.48. The molecule has 1 N–H and O–H groups in total. The third-order valence-corrected chi connectivity index (χ3v) is 3.57. The minimum atomic E-state index is 0.797. The maximum atomic E-state index is 4.14. The van der Waals surface area contributed by atoms with E-state index in [4.69, 9.17) is 0 Å². The molecule has 0 aliphatic heterocycles. The molecule has 2 aromatic heterocycles. The number of hydrogen-bond acceptors (Lipinski definition) is 4. The zero-order valence-corrected chi connectivity index (χ0v) is 10.6. The molecule has 0 aromatic carbocycles. The fraction of sp³-hybridized carbons (Fsp3) is 0.200. The van der Waals surface area contributed by atoms with Crippen LogP contribution in [0, 0.1) is 6.92 Å². The predicted octanol–water partition coefficient (Wildman–Crippen LogP) is 3.22. The molecular formula is C10H10BrN3S. The van der Waals surface area contributed by atoms with Gasteiger partial charge in [0.05, 0.1) is 4.47 Å². The van der Waals surface area contributed by atoms with Gasteiger partial charge in [-0.25, -0.2) is 9.97 Å². The van der Waals surface area contributed by atoms with Crippen molar-refractivity contribution in [1.29, 1.82) is 0 Å². The van der Waals surface area contributed by atoms with Crippen molar-refractivity contribution < 1.29 is 0 Å². The number of nitrogens with one attached hydrogen (secondary N) is 1. The van der Waals surface area contributed by atoms with Gasteiger partial charge < -0.3 is 5.32 Å². The summed E-state index contributed by atoms with van der Waals surface area (Å²) >= 11 is 5.12. The molecule has 78 valence electrons. The number of aromatic nitrogens is 2. The van der Waals surface area contributed by atoms with Crippen molar-refractivity contribution in [3.63, 3.8) is 0 Å². The Hall–Kier alpha value is -0.940. The van der Waals surface area contributed by atoms with Crippen molar-refractivity contribution in [1.82, 2.24) is 9.97 Å². The molecule has 0 saturated carbocycles. The highest BCUT2D eigenvalue weighted by molar-refractivity contribution is 9.10. The Bertz CT molecular complexity index is 455. The van der Waals surface area contributed by atoms with Crippen LogP contribution in [0.4, 0.5) is 5.82 Å². The normalized spacial score (nSPS) is 10.3. The van der Waals surface area contributed by atoms with Gasteiger partial charge in [0.2, 0.25) is 0 Å². The van der Waals surface area contributed by atoms with Gasteiger partial charge in [-0.2, -0.15) is 11.3 Å². The molecule has 0 unspecified atom stereocenters. The lowest BCUT2D eigenvalue weighted by Crippen LogP contribution is -2.02. The van der Waals surface area contributed by atoms with Crippen LogP contribution in [-0.2, 0) is 6.54 Å². The van der Waals surface area contributed by atoms with Gasteiger partial charge >= 0.3 is 0 Å². The van der Waals surface area contributed by atoms with Gasteiger partial charge in [0, 0.05) is 12.7 Å². The lowest BCUT2D eigenvalue weighted by molar-refractivity contribution is 1.07. The molecule has 0 saturated heterocycles. The van der Waals surface area contributed by atoms with Gasteiger partial charge in [-0.3, -0.25) is 0 Å². The van der Waals surface area contributed by atoms with Crippen LogP contribution in [0.2, 0.25) is 0 Å². The molecule has 0 fully saturated rings. The van der Waals surface area contributed by atoms with Gasteiger partial charge in [-0.1, -0.05) is 0 Å². The third kappa shape index (κ3) is 2.54. The molecule has 2 rings (SSSR count). The molecule has 0 amide bonds. The second kappa shape index (κ2) is 4.72. The number of aryl methyl sites for hydroxylation is 1. The minimum absolute atomic E-state index is 0.797. The third-order valence-electron chi connectivity index (χ3n) is 2.08. The first-order chi connectivity index (χ1) is 7.27. The van der Waals surface area contributed by atoms with E-state index in [2.05, 4.69) is 48.9 Å². The molecule has 0 radical (unpaired) electrons. The average Bonchev–Trinajstić information content (AvgIpc) is 2.63. The SMILES string of the molecule is Cc1cscc1CNc1ncncc1Br. The summed E-state index contributed by atoms with van der Waals surface area (Å²) in [7, 11) is 0. The summed E-state index contributed by atoms with van der Waals surface area (Å²) in [4.78, 5) is 8.05. The zero-order chi connectivity index (χ0) is 10.7. The van der Waals surface area contributed by atoms with Crippen LogP contribution in [-0.4, -0.2) is 9.97 Å². The van der Waals surface area contributed by atoms with Crippen LogP contribution in [0.5, 0.6) is 0 Å². The summed E-state index contributed by atoms with van der Waals surface area (Å²) < 4.78 is 0.887. The molecule has 3 nitrogen and oxygen atoms in total. The Kier molecular flexibility index (Phi) is 3.33. The predicted molar refractivity (Wildman–Crippen MR) is 66.1 cm³/mol. The van der Waals surface area contributed by atoms with Crippen LogP contribution < -0.4 is 5.32 Å². The number of rotatable bonds is 3. The molecule has 5 heteroatoms. The quantitative estimate of drug-likeness (QED) is 0.940. The van der Waals surface area contributed by atoms with Gasteiger partial charge in [-0.05, 0) is 44.7 Å². The van der Waals surface area contributed by atoms with E-state index in [1.54, 1.807) is 17.5 Å². The number of thiophene rings is 1. The lowest BCUT2D eigenvalue weighted by atomic mass is 10.2.